The fourth-order valence-electron chi connectivity index (χ4n) is 2.12. The van der Waals surface area contributed by atoms with Crippen LogP contribution in [0.15, 0.2) is 30.5 Å². The predicted octanol–water partition coefficient (Wildman–Crippen LogP) is 2.90. The van der Waals surface area contributed by atoms with Gasteiger partial charge in [-0.25, -0.2) is 0 Å². The summed E-state index contributed by atoms with van der Waals surface area (Å²) in [6.07, 6.45) is 4.39. The van der Waals surface area contributed by atoms with Crippen molar-refractivity contribution in [3.05, 3.63) is 36.0 Å². The van der Waals surface area contributed by atoms with Gasteiger partial charge in [0, 0.05) is 18.3 Å². The minimum Gasteiger partial charge on any atom is -0.347 e. The van der Waals surface area contributed by atoms with Crippen molar-refractivity contribution in [3.63, 3.8) is 0 Å². The molecule has 1 aromatic heterocycles. The van der Waals surface area contributed by atoms with Gasteiger partial charge in [0.2, 0.25) is 0 Å². The number of nitrogens with zero attached hydrogens (tertiary/aromatic N) is 2. The number of hydrogen-bond donors (Lipinski definition) is 1. The Balaban J connectivity index is 2.02. The third-order valence-electron chi connectivity index (χ3n) is 3.08. The van der Waals surface area contributed by atoms with Crippen LogP contribution < -0.4 is 5.32 Å². The van der Waals surface area contributed by atoms with Gasteiger partial charge in [0.15, 0.2) is 0 Å². The van der Waals surface area contributed by atoms with Gasteiger partial charge in [0.25, 0.3) is 0 Å². The number of aromatic nitrogens is 1. The molecule has 0 amide bonds. The molecule has 0 saturated heterocycles. The van der Waals surface area contributed by atoms with Crippen LogP contribution in [0.1, 0.15) is 25.3 Å². The van der Waals surface area contributed by atoms with Crippen molar-refractivity contribution < 1.29 is 0 Å². The van der Waals surface area contributed by atoms with Crippen LogP contribution in [0.4, 0.5) is 0 Å². The minimum absolute atomic E-state index is 0.728. The number of hydrogen-bond acceptors (Lipinski definition) is 2. The van der Waals surface area contributed by atoms with E-state index in [1.165, 1.54) is 11.8 Å². The molecule has 0 bridgehead atoms. The van der Waals surface area contributed by atoms with E-state index in [1.807, 2.05) is 18.2 Å². The molecule has 18 heavy (non-hydrogen) atoms. The smallest absolute Gasteiger partial charge is 0.0992 e. The van der Waals surface area contributed by atoms with Crippen molar-refractivity contribution in [3.8, 4) is 6.07 Å². The summed E-state index contributed by atoms with van der Waals surface area (Å²) in [5, 5.41) is 13.5. The lowest BCUT2D eigenvalue weighted by molar-refractivity contribution is 0.587. The Bertz CT molecular complexity index is 548. The molecule has 0 aliphatic heterocycles. The Morgan fingerprint density at radius 1 is 1.28 bits per heavy atom. The van der Waals surface area contributed by atoms with Crippen molar-refractivity contribution in [2.24, 2.45) is 0 Å². The van der Waals surface area contributed by atoms with E-state index in [0.29, 0.717) is 0 Å². The first-order valence-corrected chi connectivity index (χ1v) is 6.55. The van der Waals surface area contributed by atoms with E-state index in [9.17, 15) is 0 Å². The molecule has 3 nitrogen and oxygen atoms in total. The second-order valence-electron chi connectivity index (χ2n) is 4.50. The zero-order valence-corrected chi connectivity index (χ0v) is 10.8. The SMILES string of the molecule is CCCNCCCn1ccc2ccc(C#N)cc21. The standard InChI is InChI=1S/C15H19N3/c1-2-7-17-8-3-9-18-10-6-14-5-4-13(12-16)11-15(14)18/h4-6,10-11,17H,2-3,7-9H2,1H3. The van der Waals surface area contributed by atoms with Crippen molar-refractivity contribution in [2.75, 3.05) is 13.1 Å². The normalized spacial score (nSPS) is 10.7. The van der Waals surface area contributed by atoms with E-state index in [-0.39, 0.29) is 0 Å². The summed E-state index contributed by atoms with van der Waals surface area (Å²) < 4.78 is 2.23. The van der Waals surface area contributed by atoms with Crippen LogP contribution in [0.2, 0.25) is 0 Å². The molecule has 0 fully saturated rings. The predicted molar refractivity (Wildman–Crippen MR) is 74.4 cm³/mol. The zero-order chi connectivity index (χ0) is 12.8. The Morgan fingerprint density at radius 3 is 2.94 bits per heavy atom. The summed E-state index contributed by atoms with van der Waals surface area (Å²) in [6, 6.07) is 10.2. The fourth-order valence-corrected chi connectivity index (χ4v) is 2.12. The van der Waals surface area contributed by atoms with Crippen LogP contribution in [-0.4, -0.2) is 17.7 Å². The van der Waals surface area contributed by atoms with Gasteiger partial charge in [0.1, 0.15) is 0 Å². The van der Waals surface area contributed by atoms with Crippen LogP contribution >= 0.6 is 0 Å². The number of fused-ring (bicyclic) bond motifs is 1. The first kappa shape index (κ1) is 12.7. The molecule has 2 aromatic rings. The first-order valence-electron chi connectivity index (χ1n) is 6.55. The number of benzene rings is 1. The van der Waals surface area contributed by atoms with Crippen LogP contribution in [0.25, 0.3) is 10.9 Å². The van der Waals surface area contributed by atoms with Crippen molar-refractivity contribution >= 4 is 10.9 Å². The van der Waals surface area contributed by atoms with Crippen LogP contribution in [-0.2, 0) is 6.54 Å². The summed E-state index contributed by atoms with van der Waals surface area (Å²) in [7, 11) is 0. The van der Waals surface area contributed by atoms with Gasteiger partial charge in [0.05, 0.1) is 11.6 Å². The maximum atomic E-state index is 8.93. The molecule has 0 aliphatic carbocycles. The molecule has 1 aromatic carbocycles. The van der Waals surface area contributed by atoms with E-state index in [4.69, 9.17) is 5.26 Å². The van der Waals surface area contributed by atoms with Crippen molar-refractivity contribution in [1.82, 2.24) is 9.88 Å². The maximum Gasteiger partial charge on any atom is 0.0992 e. The Morgan fingerprint density at radius 2 is 2.17 bits per heavy atom. The molecule has 2 rings (SSSR count). The number of nitriles is 1. The van der Waals surface area contributed by atoms with E-state index in [2.05, 4.69) is 35.1 Å². The summed E-state index contributed by atoms with van der Waals surface area (Å²) in [5.74, 6) is 0. The van der Waals surface area contributed by atoms with E-state index >= 15 is 0 Å². The maximum absolute atomic E-state index is 8.93. The molecule has 0 aliphatic rings. The number of nitrogens with one attached hydrogen (secondary N) is 1. The minimum atomic E-state index is 0.728. The molecule has 0 unspecified atom stereocenters. The van der Waals surface area contributed by atoms with Crippen molar-refractivity contribution in [2.45, 2.75) is 26.3 Å². The highest BCUT2D eigenvalue weighted by atomic mass is 15.0. The Labute approximate surface area is 108 Å². The second kappa shape index (κ2) is 6.23. The third kappa shape index (κ3) is 2.91. The van der Waals surface area contributed by atoms with Gasteiger partial charge in [-0.1, -0.05) is 13.0 Å². The van der Waals surface area contributed by atoms with Gasteiger partial charge in [-0.15, -0.1) is 0 Å². The highest BCUT2D eigenvalue weighted by Crippen LogP contribution is 2.17. The summed E-state index contributed by atoms with van der Waals surface area (Å²) in [5.41, 5.74) is 1.89. The van der Waals surface area contributed by atoms with Gasteiger partial charge >= 0.3 is 0 Å². The quantitative estimate of drug-likeness (QED) is 0.790. The molecule has 94 valence electrons. The molecule has 0 spiro atoms. The lowest BCUT2D eigenvalue weighted by atomic mass is 10.2. The number of rotatable bonds is 6. The molecule has 0 saturated carbocycles. The largest absolute Gasteiger partial charge is 0.347 e. The monoisotopic (exact) mass is 241 g/mol. The van der Waals surface area contributed by atoms with Crippen LogP contribution in [0, 0.1) is 11.3 Å². The van der Waals surface area contributed by atoms with Gasteiger partial charge in [-0.3, -0.25) is 0 Å². The molecule has 3 heteroatoms. The van der Waals surface area contributed by atoms with E-state index in [0.717, 1.165) is 37.1 Å². The topological polar surface area (TPSA) is 40.8 Å². The summed E-state index contributed by atoms with van der Waals surface area (Å²) in [4.78, 5) is 0. The average Bonchev–Trinajstić information content (AvgIpc) is 2.81. The number of aryl methyl sites for hydroxylation is 1. The Kier molecular flexibility index (Phi) is 4.38. The molecule has 0 atom stereocenters. The molecule has 1 N–H and O–H groups in total. The summed E-state index contributed by atoms with van der Waals surface area (Å²) >= 11 is 0. The molecular weight excluding hydrogens is 222 g/mol. The van der Waals surface area contributed by atoms with Gasteiger partial charge in [-0.05, 0) is 49.5 Å². The van der Waals surface area contributed by atoms with Crippen LogP contribution in [0.3, 0.4) is 0 Å². The Hall–Kier alpha value is -1.79. The summed E-state index contributed by atoms with van der Waals surface area (Å²) in [6.45, 7) is 5.31. The fraction of sp³-hybridized carbons (Fsp3) is 0.400. The second-order valence-corrected chi connectivity index (χ2v) is 4.50. The zero-order valence-electron chi connectivity index (χ0n) is 10.8. The highest BCUT2D eigenvalue weighted by Gasteiger charge is 2.01. The van der Waals surface area contributed by atoms with Crippen LogP contribution in [0.5, 0.6) is 0 Å². The molecular formula is C15H19N3. The lowest BCUT2D eigenvalue weighted by Crippen LogP contribution is -2.17. The van der Waals surface area contributed by atoms with Gasteiger partial charge in [-0.2, -0.15) is 5.26 Å². The first-order chi connectivity index (χ1) is 8.85. The van der Waals surface area contributed by atoms with Crippen molar-refractivity contribution in [1.29, 1.82) is 5.26 Å². The average molecular weight is 241 g/mol. The van der Waals surface area contributed by atoms with Gasteiger partial charge < -0.3 is 9.88 Å². The molecule has 1 heterocycles. The van der Waals surface area contributed by atoms with E-state index < -0.39 is 0 Å². The highest BCUT2D eigenvalue weighted by molar-refractivity contribution is 5.81. The van der Waals surface area contributed by atoms with E-state index in [1.54, 1.807) is 0 Å². The third-order valence-corrected chi connectivity index (χ3v) is 3.08. The lowest BCUT2D eigenvalue weighted by Gasteiger charge is -2.06. The molecule has 0 radical (unpaired) electrons.